The fourth-order valence-electron chi connectivity index (χ4n) is 8.88. The molecule has 0 aliphatic rings. The van der Waals surface area contributed by atoms with Crippen molar-refractivity contribution in [2.75, 3.05) is 13.2 Å². The van der Waals surface area contributed by atoms with Crippen molar-refractivity contribution >= 4 is 17.9 Å². The molecule has 0 saturated carbocycles. The lowest BCUT2D eigenvalue weighted by molar-refractivity contribution is -0.167. The molecule has 0 spiro atoms. The normalized spacial score (nSPS) is 13.1. The molecule has 1 unspecified atom stereocenters. The third-order valence-electron chi connectivity index (χ3n) is 13.8. The van der Waals surface area contributed by atoms with Gasteiger partial charge in [-0.25, -0.2) is 0 Å². The van der Waals surface area contributed by atoms with Gasteiger partial charge in [-0.3, -0.25) is 14.4 Å². The van der Waals surface area contributed by atoms with Crippen LogP contribution in [-0.4, -0.2) is 37.2 Å². The Morgan fingerprint density at radius 2 is 0.481 bits per heavy atom. The van der Waals surface area contributed by atoms with E-state index in [0.717, 1.165) is 161 Å². The van der Waals surface area contributed by atoms with Gasteiger partial charge in [0.05, 0.1) is 0 Å². The second-order valence-electron chi connectivity index (χ2n) is 21.6. The minimum absolute atomic E-state index is 0.0989. The van der Waals surface area contributed by atoms with E-state index in [1.54, 1.807) is 0 Å². The largest absolute Gasteiger partial charge is 0.462 e. The minimum atomic E-state index is -0.806. The molecule has 0 aromatic carbocycles. The number of rotatable bonds is 59. The van der Waals surface area contributed by atoms with Gasteiger partial charge in [0.1, 0.15) is 13.2 Å². The van der Waals surface area contributed by atoms with E-state index in [9.17, 15) is 14.4 Å². The van der Waals surface area contributed by atoms with Crippen molar-refractivity contribution in [3.05, 3.63) is 146 Å². The number of carbonyl (C=O) groups is 3. The van der Waals surface area contributed by atoms with Gasteiger partial charge in [0.15, 0.2) is 6.10 Å². The molecule has 81 heavy (non-hydrogen) atoms. The molecule has 6 nitrogen and oxygen atoms in total. The summed E-state index contributed by atoms with van der Waals surface area (Å²) in [6, 6.07) is 0. The van der Waals surface area contributed by atoms with Crippen LogP contribution in [-0.2, 0) is 28.6 Å². The molecule has 0 N–H and O–H groups in total. The van der Waals surface area contributed by atoms with E-state index in [1.165, 1.54) is 89.9 Å². The Bertz CT molecular complexity index is 1760. The smallest absolute Gasteiger partial charge is 0.306 e. The van der Waals surface area contributed by atoms with Crippen molar-refractivity contribution in [1.29, 1.82) is 0 Å². The maximum atomic E-state index is 12.9. The maximum absolute atomic E-state index is 12.9. The molecule has 1 atom stereocenters. The summed E-state index contributed by atoms with van der Waals surface area (Å²) < 4.78 is 16.9. The molecule has 0 amide bonds. The Morgan fingerprint density at radius 3 is 0.765 bits per heavy atom. The highest BCUT2D eigenvalue weighted by atomic mass is 16.6. The lowest BCUT2D eigenvalue weighted by Gasteiger charge is -2.18. The summed E-state index contributed by atoms with van der Waals surface area (Å²) in [4.78, 5) is 38.4. The molecule has 0 radical (unpaired) electrons. The van der Waals surface area contributed by atoms with Gasteiger partial charge in [-0.15, -0.1) is 0 Å². The molecule has 0 bridgehead atoms. The highest BCUT2D eigenvalue weighted by Crippen LogP contribution is 2.15. The molecule has 0 aliphatic carbocycles. The predicted molar refractivity (Wildman–Crippen MR) is 352 cm³/mol. The first-order valence-corrected chi connectivity index (χ1v) is 33.3. The zero-order chi connectivity index (χ0) is 58.5. The van der Waals surface area contributed by atoms with Gasteiger partial charge < -0.3 is 14.2 Å². The van der Waals surface area contributed by atoms with Gasteiger partial charge in [-0.05, 0) is 141 Å². The summed E-state index contributed by atoms with van der Waals surface area (Å²) >= 11 is 0. The highest BCUT2D eigenvalue weighted by Gasteiger charge is 2.19. The second kappa shape index (κ2) is 67.8. The van der Waals surface area contributed by atoms with Crippen LogP contribution in [0.15, 0.2) is 146 Å². The van der Waals surface area contributed by atoms with Crippen molar-refractivity contribution in [3.63, 3.8) is 0 Å². The average molecular weight is 1120 g/mol. The van der Waals surface area contributed by atoms with Crippen molar-refractivity contribution in [1.82, 2.24) is 0 Å². The number of ether oxygens (including phenoxy) is 3. The second-order valence-corrected chi connectivity index (χ2v) is 21.6. The molecule has 458 valence electrons. The van der Waals surface area contributed by atoms with Crippen LogP contribution >= 0.6 is 0 Å². The standard InChI is InChI=1S/C75H122O6/c1-4-7-10-13-16-19-22-25-28-30-32-34-36-37-39-40-42-44-47-50-53-56-59-62-65-68-74(77)80-71-72(70-79-73(76)67-64-61-58-55-52-49-46-27-24-21-18-15-12-9-6-3)81-75(78)69-66-63-60-57-54-51-48-45-43-41-38-35-33-31-29-26-23-20-17-14-11-8-5-2/h7-8,10-11,16-17,19-20,25-29,32-35,37,39,41,43,46,48,51,72H,4-6,9,12-15,18,21-24,30-31,36,38,40,42,44-45,47,49-50,52-71H2,1-3H3/b10-7-,11-8-,19-16-,20-17-,28-25-,29-26-,34-32-,35-33-,39-37-,43-41-,46-27-,51-48-. The molecule has 0 heterocycles. The SMILES string of the molecule is CC/C=C\C/C=C\C/C=C\C/C=C\C/C=C\C/C=C\CCCCCCC(=O)OC(COC(=O)CCCCCCC/C=C\CCCCCCCC)COC(=O)CCCCCCCCCCC/C=C\C/C=C\C/C=C\C/C=C\C/C=C\CC. The minimum Gasteiger partial charge on any atom is -0.462 e. The zero-order valence-electron chi connectivity index (χ0n) is 52.5. The number of unbranched alkanes of at least 4 members (excludes halogenated alkanes) is 24. The van der Waals surface area contributed by atoms with E-state index in [0.29, 0.717) is 19.3 Å². The van der Waals surface area contributed by atoms with E-state index >= 15 is 0 Å². The summed E-state index contributed by atoms with van der Waals surface area (Å²) in [7, 11) is 0. The Hall–Kier alpha value is -4.71. The Kier molecular flexibility index (Phi) is 63.9. The van der Waals surface area contributed by atoms with Crippen molar-refractivity contribution in [3.8, 4) is 0 Å². The Morgan fingerprint density at radius 1 is 0.259 bits per heavy atom. The molecule has 0 saturated heterocycles. The molecule has 0 aliphatic heterocycles. The number of allylic oxidation sites excluding steroid dienone is 24. The van der Waals surface area contributed by atoms with Gasteiger partial charge in [0, 0.05) is 19.3 Å². The number of hydrogen-bond acceptors (Lipinski definition) is 6. The lowest BCUT2D eigenvalue weighted by Crippen LogP contribution is -2.30. The van der Waals surface area contributed by atoms with Crippen LogP contribution in [0.3, 0.4) is 0 Å². The maximum Gasteiger partial charge on any atom is 0.306 e. The predicted octanol–water partition coefficient (Wildman–Crippen LogP) is 23.1. The van der Waals surface area contributed by atoms with Gasteiger partial charge in [-0.1, -0.05) is 276 Å². The highest BCUT2D eigenvalue weighted by molar-refractivity contribution is 5.71. The topological polar surface area (TPSA) is 78.9 Å². The van der Waals surface area contributed by atoms with E-state index in [-0.39, 0.29) is 31.1 Å². The van der Waals surface area contributed by atoms with Crippen LogP contribution in [0.5, 0.6) is 0 Å². The van der Waals surface area contributed by atoms with Gasteiger partial charge in [-0.2, -0.15) is 0 Å². The van der Waals surface area contributed by atoms with Crippen molar-refractivity contribution in [2.45, 2.75) is 297 Å². The van der Waals surface area contributed by atoms with Gasteiger partial charge >= 0.3 is 17.9 Å². The van der Waals surface area contributed by atoms with Crippen LogP contribution < -0.4 is 0 Å². The van der Waals surface area contributed by atoms with Crippen molar-refractivity contribution in [2.24, 2.45) is 0 Å². The Labute approximate surface area is 499 Å². The van der Waals surface area contributed by atoms with E-state index in [2.05, 4.69) is 167 Å². The quantitative estimate of drug-likeness (QED) is 0.0261. The lowest BCUT2D eigenvalue weighted by atomic mass is 10.1. The van der Waals surface area contributed by atoms with Crippen LogP contribution in [0.4, 0.5) is 0 Å². The van der Waals surface area contributed by atoms with Gasteiger partial charge in [0.25, 0.3) is 0 Å². The summed E-state index contributed by atoms with van der Waals surface area (Å²) in [5.41, 5.74) is 0. The number of carbonyl (C=O) groups excluding carboxylic acids is 3. The third kappa shape index (κ3) is 66.0. The molecular weight excluding hydrogens is 997 g/mol. The van der Waals surface area contributed by atoms with Crippen molar-refractivity contribution < 1.29 is 28.6 Å². The van der Waals surface area contributed by atoms with E-state index in [4.69, 9.17) is 14.2 Å². The van der Waals surface area contributed by atoms with E-state index in [1.807, 2.05) is 0 Å². The molecule has 6 heteroatoms. The first kappa shape index (κ1) is 76.3. The molecular formula is C75H122O6. The summed E-state index contributed by atoms with van der Waals surface area (Å²) in [6.07, 6.45) is 97.0. The zero-order valence-corrected chi connectivity index (χ0v) is 52.5. The first-order valence-electron chi connectivity index (χ1n) is 33.3. The first-order chi connectivity index (χ1) is 40.0. The van der Waals surface area contributed by atoms with Crippen LogP contribution in [0.25, 0.3) is 0 Å². The summed E-state index contributed by atoms with van der Waals surface area (Å²) in [5, 5.41) is 0. The van der Waals surface area contributed by atoms with Gasteiger partial charge in [0.2, 0.25) is 0 Å². The van der Waals surface area contributed by atoms with Crippen LogP contribution in [0, 0.1) is 0 Å². The fraction of sp³-hybridized carbons (Fsp3) is 0.640. The molecule has 0 fully saturated rings. The average Bonchev–Trinajstić information content (AvgIpc) is 3.47. The third-order valence-corrected chi connectivity index (χ3v) is 13.8. The molecule has 0 rings (SSSR count). The summed E-state index contributed by atoms with van der Waals surface area (Å²) in [5.74, 6) is -0.935. The fourth-order valence-corrected chi connectivity index (χ4v) is 8.88. The number of esters is 3. The monoisotopic (exact) mass is 1120 g/mol. The Balaban J connectivity index is 4.45. The number of hydrogen-bond donors (Lipinski definition) is 0. The molecule has 0 aromatic rings. The van der Waals surface area contributed by atoms with Crippen LogP contribution in [0.1, 0.15) is 290 Å². The van der Waals surface area contributed by atoms with Crippen LogP contribution in [0.2, 0.25) is 0 Å². The molecule has 0 aromatic heterocycles. The summed E-state index contributed by atoms with van der Waals surface area (Å²) in [6.45, 7) is 6.39. The van der Waals surface area contributed by atoms with E-state index < -0.39 is 6.10 Å².